The Hall–Kier alpha value is -2.50. The fourth-order valence-electron chi connectivity index (χ4n) is 3.26. The summed E-state index contributed by atoms with van der Waals surface area (Å²) >= 11 is 0. The van der Waals surface area contributed by atoms with E-state index in [-0.39, 0.29) is 29.7 Å². The molecule has 1 atom stereocenters. The van der Waals surface area contributed by atoms with E-state index in [9.17, 15) is 14.0 Å². The third-order valence-corrected chi connectivity index (χ3v) is 4.84. The predicted molar refractivity (Wildman–Crippen MR) is 92.7 cm³/mol. The number of halogens is 1. The number of hydrogen-bond donors (Lipinski definition) is 2. The molecular weight excluding hydrogens is 321 g/mol. The van der Waals surface area contributed by atoms with Gasteiger partial charge < -0.3 is 10.3 Å². The molecule has 1 aromatic heterocycles. The lowest BCUT2D eigenvalue weighted by Crippen LogP contribution is -2.38. The van der Waals surface area contributed by atoms with Crippen LogP contribution in [0.3, 0.4) is 0 Å². The van der Waals surface area contributed by atoms with Crippen LogP contribution in [0.4, 0.5) is 4.39 Å². The molecule has 1 amide bonds. The van der Waals surface area contributed by atoms with Crippen molar-refractivity contribution >= 4 is 5.91 Å². The standard InChI is InChI=1S/C19H22FN3O2/c1-11-16(19(25)22-12(2)21-11)10-17(24)23-18(13-4-3-5-13)14-6-8-15(20)9-7-14/h6-9,13,18H,3-5,10H2,1-2H3,(H,23,24)(H,21,22,25). The van der Waals surface area contributed by atoms with Gasteiger partial charge in [0.25, 0.3) is 5.56 Å². The predicted octanol–water partition coefficient (Wildman–Crippen LogP) is 2.73. The average Bonchev–Trinajstić information content (AvgIpc) is 2.49. The zero-order chi connectivity index (χ0) is 18.0. The van der Waals surface area contributed by atoms with Gasteiger partial charge in [-0.2, -0.15) is 0 Å². The van der Waals surface area contributed by atoms with Crippen molar-refractivity contribution in [2.24, 2.45) is 5.92 Å². The van der Waals surface area contributed by atoms with Crippen LogP contribution in [0, 0.1) is 25.6 Å². The van der Waals surface area contributed by atoms with E-state index in [1.807, 2.05) is 0 Å². The van der Waals surface area contributed by atoms with Crippen molar-refractivity contribution in [1.82, 2.24) is 15.3 Å². The molecule has 132 valence electrons. The van der Waals surface area contributed by atoms with Gasteiger partial charge in [0.15, 0.2) is 0 Å². The first-order valence-corrected chi connectivity index (χ1v) is 8.55. The Kier molecular flexibility index (Phi) is 4.97. The van der Waals surface area contributed by atoms with E-state index in [1.54, 1.807) is 26.0 Å². The summed E-state index contributed by atoms with van der Waals surface area (Å²) in [5, 5.41) is 3.03. The molecule has 0 aliphatic heterocycles. The second kappa shape index (κ2) is 7.17. The van der Waals surface area contributed by atoms with Crippen molar-refractivity contribution < 1.29 is 9.18 Å². The van der Waals surface area contributed by atoms with Gasteiger partial charge in [0.05, 0.1) is 12.5 Å². The zero-order valence-corrected chi connectivity index (χ0v) is 14.4. The molecule has 0 radical (unpaired) electrons. The fourth-order valence-corrected chi connectivity index (χ4v) is 3.26. The van der Waals surface area contributed by atoms with Gasteiger partial charge in [-0.25, -0.2) is 9.37 Å². The molecule has 1 heterocycles. The smallest absolute Gasteiger partial charge is 0.254 e. The van der Waals surface area contributed by atoms with E-state index in [0.717, 1.165) is 24.8 Å². The van der Waals surface area contributed by atoms with Crippen molar-refractivity contribution in [3.8, 4) is 0 Å². The van der Waals surface area contributed by atoms with Crippen LogP contribution in [0.15, 0.2) is 29.1 Å². The maximum absolute atomic E-state index is 13.2. The molecule has 0 bridgehead atoms. The second-order valence-electron chi connectivity index (χ2n) is 6.68. The Labute approximate surface area is 145 Å². The van der Waals surface area contributed by atoms with Crippen molar-refractivity contribution in [1.29, 1.82) is 0 Å². The molecule has 25 heavy (non-hydrogen) atoms. The molecular formula is C19H22FN3O2. The quantitative estimate of drug-likeness (QED) is 0.876. The number of aryl methyl sites for hydroxylation is 2. The molecule has 1 aliphatic carbocycles. The lowest BCUT2D eigenvalue weighted by Gasteiger charge is -2.34. The maximum Gasteiger partial charge on any atom is 0.254 e. The first-order chi connectivity index (χ1) is 11.9. The number of carbonyl (C=O) groups is 1. The Balaban J connectivity index is 1.77. The van der Waals surface area contributed by atoms with Gasteiger partial charge in [0.1, 0.15) is 11.6 Å². The Morgan fingerprint density at radius 2 is 2.00 bits per heavy atom. The summed E-state index contributed by atoms with van der Waals surface area (Å²) in [5.41, 5.74) is 1.57. The number of nitrogens with one attached hydrogen (secondary N) is 2. The van der Waals surface area contributed by atoms with Crippen LogP contribution in [-0.2, 0) is 11.2 Å². The summed E-state index contributed by atoms with van der Waals surface area (Å²) in [6.07, 6.45) is 3.19. The molecule has 6 heteroatoms. The van der Waals surface area contributed by atoms with Gasteiger partial charge in [-0.05, 0) is 50.3 Å². The van der Waals surface area contributed by atoms with Crippen molar-refractivity contribution in [3.63, 3.8) is 0 Å². The lowest BCUT2D eigenvalue weighted by molar-refractivity contribution is -0.121. The highest BCUT2D eigenvalue weighted by molar-refractivity contribution is 5.79. The molecule has 1 fully saturated rings. The summed E-state index contributed by atoms with van der Waals surface area (Å²) in [6.45, 7) is 3.44. The van der Waals surface area contributed by atoms with Crippen molar-refractivity contribution in [3.05, 3.63) is 63.1 Å². The Morgan fingerprint density at radius 1 is 1.32 bits per heavy atom. The van der Waals surface area contributed by atoms with Crippen molar-refractivity contribution in [2.45, 2.75) is 45.6 Å². The number of rotatable bonds is 5. The average molecular weight is 343 g/mol. The molecule has 5 nitrogen and oxygen atoms in total. The van der Waals surface area contributed by atoms with Gasteiger partial charge in [0.2, 0.25) is 5.91 Å². The van der Waals surface area contributed by atoms with Crippen LogP contribution in [0.1, 0.15) is 47.9 Å². The Bertz CT molecular complexity index is 826. The van der Waals surface area contributed by atoms with Gasteiger partial charge in [0, 0.05) is 11.3 Å². The minimum atomic E-state index is -0.296. The molecule has 1 unspecified atom stereocenters. The molecule has 1 saturated carbocycles. The van der Waals surface area contributed by atoms with Crippen LogP contribution >= 0.6 is 0 Å². The van der Waals surface area contributed by atoms with Gasteiger partial charge >= 0.3 is 0 Å². The monoisotopic (exact) mass is 343 g/mol. The van der Waals surface area contributed by atoms with Crippen LogP contribution in [0.25, 0.3) is 0 Å². The summed E-state index contributed by atoms with van der Waals surface area (Å²) in [5.74, 6) is 0.367. The zero-order valence-electron chi connectivity index (χ0n) is 14.4. The molecule has 0 spiro atoms. The largest absolute Gasteiger partial charge is 0.349 e. The number of benzene rings is 1. The summed E-state index contributed by atoms with van der Waals surface area (Å²) < 4.78 is 13.2. The van der Waals surface area contributed by atoms with Crippen molar-refractivity contribution in [2.75, 3.05) is 0 Å². The molecule has 1 aliphatic rings. The van der Waals surface area contributed by atoms with E-state index in [2.05, 4.69) is 15.3 Å². The second-order valence-corrected chi connectivity index (χ2v) is 6.68. The third-order valence-electron chi connectivity index (χ3n) is 4.84. The normalized spacial score (nSPS) is 15.5. The maximum atomic E-state index is 13.2. The first-order valence-electron chi connectivity index (χ1n) is 8.55. The van der Waals surface area contributed by atoms with Crippen LogP contribution in [0.5, 0.6) is 0 Å². The fraction of sp³-hybridized carbons (Fsp3) is 0.421. The number of amides is 1. The molecule has 2 N–H and O–H groups in total. The number of hydrogen-bond acceptors (Lipinski definition) is 3. The number of nitrogens with zero attached hydrogens (tertiary/aromatic N) is 1. The van der Waals surface area contributed by atoms with Crippen LogP contribution in [0.2, 0.25) is 0 Å². The number of H-pyrrole nitrogens is 1. The lowest BCUT2D eigenvalue weighted by atomic mass is 9.77. The molecule has 0 saturated heterocycles. The number of carbonyl (C=O) groups excluding carboxylic acids is 1. The van der Waals surface area contributed by atoms with Crippen LogP contribution < -0.4 is 10.9 Å². The van der Waals surface area contributed by atoms with Gasteiger partial charge in [-0.3, -0.25) is 9.59 Å². The van der Waals surface area contributed by atoms with E-state index >= 15 is 0 Å². The number of aromatic amines is 1. The third kappa shape index (κ3) is 3.95. The summed E-state index contributed by atoms with van der Waals surface area (Å²) in [4.78, 5) is 31.5. The molecule has 2 aromatic rings. The molecule has 1 aromatic carbocycles. The highest BCUT2D eigenvalue weighted by Gasteiger charge is 2.30. The number of aromatic nitrogens is 2. The highest BCUT2D eigenvalue weighted by Crippen LogP contribution is 2.37. The van der Waals surface area contributed by atoms with E-state index < -0.39 is 0 Å². The Morgan fingerprint density at radius 3 is 2.56 bits per heavy atom. The van der Waals surface area contributed by atoms with E-state index in [1.165, 1.54) is 12.1 Å². The van der Waals surface area contributed by atoms with Crippen LogP contribution in [-0.4, -0.2) is 15.9 Å². The summed E-state index contributed by atoms with van der Waals surface area (Å²) in [6, 6.07) is 6.09. The minimum absolute atomic E-state index is 0.0150. The topological polar surface area (TPSA) is 74.8 Å². The van der Waals surface area contributed by atoms with Gasteiger partial charge in [-0.1, -0.05) is 18.6 Å². The summed E-state index contributed by atoms with van der Waals surface area (Å²) in [7, 11) is 0. The van der Waals surface area contributed by atoms with Gasteiger partial charge in [-0.15, -0.1) is 0 Å². The van der Waals surface area contributed by atoms with E-state index in [0.29, 0.717) is 23.0 Å². The highest BCUT2D eigenvalue weighted by atomic mass is 19.1. The molecule has 3 rings (SSSR count). The minimum Gasteiger partial charge on any atom is -0.349 e. The SMILES string of the molecule is Cc1nc(C)c(CC(=O)NC(c2ccc(F)cc2)C2CCC2)c(=O)[nH]1. The first kappa shape index (κ1) is 17.3. The van der Waals surface area contributed by atoms with E-state index in [4.69, 9.17) is 0 Å².